The van der Waals surface area contributed by atoms with E-state index in [1.54, 1.807) is 11.6 Å². The number of esters is 1. The zero-order chi connectivity index (χ0) is 24.9. The van der Waals surface area contributed by atoms with Crippen molar-refractivity contribution in [3.05, 3.63) is 45.9 Å². The standard InChI is InChI=1S/C24H30ClN5O4S/c1-4-16-21(25)29-22(27-16)23(31)28-17-8-9-30(12-19(17)34-14(2)3)10-11-33-24(32)15-6-5-7-18-20(15)35-13-26-18/h5-7,13-14,17,19H,4,8-12H2,1-3H3,(H,27,29)(H,28,31). The number of nitrogens with zero attached hydrogens (tertiary/aromatic N) is 3. The molecule has 0 spiro atoms. The first-order chi connectivity index (χ1) is 16.9. The molecule has 0 saturated carbocycles. The maximum atomic E-state index is 12.8. The van der Waals surface area contributed by atoms with Crippen LogP contribution in [0.25, 0.3) is 10.2 Å². The van der Waals surface area contributed by atoms with Crippen LogP contribution in [0.3, 0.4) is 0 Å². The van der Waals surface area contributed by atoms with Crippen LogP contribution in [0.15, 0.2) is 23.7 Å². The van der Waals surface area contributed by atoms with Crippen molar-refractivity contribution in [1.29, 1.82) is 0 Å². The quantitative estimate of drug-likeness (QED) is 0.415. The molecule has 9 nitrogen and oxygen atoms in total. The molecule has 1 aliphatic heterocycles. The Labute approximate surface area is 213 Å². The number of nitrogens with one attached hydrogen (secondary N) is 2. The van der Waals surface area contributed by atoms with Crippen LogP contribution in [0.2, 0.25) is 5.15 Å². The van der Waals surface area contributed by atoms with Gasteiger partial charge in [0.15, 0.2) is 11.0 Å². The Hall–Kier alpha value is -2.53. The van der Waals surface area contributed by atoms with Crippen molar-refractivity contribution >= 4 is 45.0 Å². The zero-order valence-electron chi connectivity index (χ0n) is 20.0. The summed E-state index contributed by atoms with van der Waals surface area (Å²) < 4.78 is 12.5. The molecule has 1 aromatic carbocycles. The number of likely N-dealkylation sites (tertiary alicyclic amines) is 1. The summed E-state index contributed by atoms with van der Waals surface area (Å²) in [6.07, 6.45) is 1.17. The molecule has 2 N–H and O–H groups in total. The van der Waals surface area contributed by atoms with E-state index < -0.39 is 0 Å². The molecular formula is C24H30ClN5O4S. The largest absolute Gasteiger partial charge is 0.461 e. The number of aromatic nitrogens is 3. The minimum Gasteiger partial charge on any atom is -0.461 e. The summed E-state index contributed by atoms with van der Waals surface area (Å²) in [5, 5.41) is 3.38. The van der Waals surface area contributed by atoms with E-state index in [0.29, 0.717) is 36.6 Å². The van der Waals surface area contributed by atoms with Gasteiger partial charge in [0.05, 0.1) is 45.2 Å². The molecule has 3 heterocycles. The predicted molar refractivity (Wildman–Crippen MR) is 135 cm³/mol. The molecule has 0 bridgehead atoms. The van der Waals surface area contributed by atoms with Gasteiger partial charge in [-0.3, -0.25) is 9.69 Å². The van der Waals surface area contributed by atoms with E-state index in [9.17, 15) is 9.59 Å². The lowest BCUT2D eigenvalue weighted by Gasteiger charge is -2.39. The molecule has 2 unspecified atom stereocenters. The number of amides is 1. The number of benzene rings is 1. The van der Waals surface area contributed by atoms with Crippen LogP contribution in [-0.4, -0.2) is 76.2 Å². The van der Waals surface area contributed by atoms with Crippen LogP contribution in [0.4, 0.5) is 0 Å². The molecule has 0 aliphatic carbocycles. The van der Waals surface area contributed by atoms with Crippen molar-refractivity contribution in [3.63, 3.8) is 0 Å². The van der Waals surface area contributed by atoms with Crippen LogP contribution < -0.4 is 5.32 Å². The van der Waals surface area contributed by atoms with E-state index in [1.165, 1.54) is 11.3 Å². The number of H-pyrrole nitrogens is 1. The summed E-state index contributed by atoms with van der Waals surface area (Å²) in [5.74, 6) is -0.436. The van der Waals surface area contributed by atoms with Gasteiger partial charge in [0.1, 0.15) is 6.61 Å². The summed E-state index contributed by atoms with van der Waals surface area (Å²) in [6, 6.07) is 5.29. The van der Waals surface area contributed by atoms with Gasteiger partial charge in [-0.2, -0.15) is 0 Å². The number of fused-ring (bicyclic) bond motifs is 1. The minimum absolute atomic E-state index is 0.00169. The topological polar surface area (TPSA) is 109 Å². The fourth-order valence-corrected chi connectivity index (χ4v) is 5.25. The Kier molecular flexibility index (Phi) is 8.38. The molecule has 2 aromatic heterocycles. The highest BCUT2D eigenvalue weighted by Crippen LogP contribution is 2.23. The van der Waals surface area contributed by atoms with Crippen molar-refractivity contribution in [2.45, 2.75) is 51.9 Å². The Morgan fingerprint density at radius 2 is 2.20 bits per heavy atom. The predicted octanol–water partition coefficient (Wildman–Crippen LogP) is 3.69. The fourth-order valence-electron chi connectivity index (χ4n) is 4.19. The van der Waals surface area contributed by atoms with E-state index in [0.717, 1.165) is 22.5 Å². The van der Waals surface area contributed by atoms with Gasteiger partial charge in [0.2, 0.25) is 0 Å². The fraction of sp³-hybridized carbons (Fsp3) is 0.500. The van der Waals surface area contributed by atoms with Crippen LogP contribution in [0.1, 0.15) is 53.9 Å². The van der Waals surface area contributed by atoms with Gasteiger partial charge in [-0.05, 0) is 38.8 Å². The van der Waals surface area contributed by atoms with Gasteiger partial charge in [-0.25, -0.2) is 14.8 Å². The van der Waals surface area contributed by atoms with E-state index >= 15 is 0 Å². The summed E-state index contributed by atoms with van der Waals surface area (Å²) in [5.41, 5.74) is 3.80. The summed E-state index contributed by atoms with van der Waals surface area (Å²) >= 11 is 7.52. The minimum atomic E-state index is -0.347. The first kappa shape index (κ1) is 25.6. The van der Waals surface area contributed by atoms with E-state index in [1.807, 2.05) is 32.9 Å². The number of piperidine rings is 1. The molecule has 1 fully saturated rings. The first-order valence-corrected chi connectivity index (χ1v) is 13.0. The molecule has 1 saturated heterocycles. The van der Waals surface area contributed by atoms with E-state index in [2.05, 4.69) is 25.2 Å². The van der Waals surface area contributed by atoms with Gasteiger partial charge in [-0.15, -0.1) is 11.3 Å². The van der Waals surface area contributed by atoms with Crippen LogP contribution in [0.5, 0.6) is 0 Å². The van der Waals surface area contributed by atoms with Gasteiger partial charge < -0.3 is 19.8 Å². The highest BCUT2D eigenvalue weighted by molar-refractivity contribution is 7.17. The number of hydrogen-bond acceptors (Lipinski definition) is 8. The number of hydrogen-bond donors (Lipinski definition) is 2. The summed E-state index contributed by atoms with van der Waals surface area (Å²) in [7, 11) is 0. The second-order valence-corrected chi connectivity index (χ2v) is 9.96. The van der Waals surface area contributed by atoms with E-state index in [4.69, 9.17) is 21.1 Å². The third-order valence-electron chi connectivity index (χ3n) is 5.92. The number of thiazole rings is 1. The molecular weight excluding hydrogens is 490 g/mol. The van der Waals surface area contributed by atoms with Gasteiger partial charge in [0.25, 0.3) is 5.91 Å². The number of rotatable bonds is 9. The third-order valence-corrected chi connectivity index (χ3v) is 7.11. The molecule has 3 aromatic rings. The number of imidazole rings is 1. The van der Waals surface area contributed by atoms with Crippen molar-refractivity contribution in [2.24, 2.45) is 0 Å². The molecule has 188 valence electrons. The Balaban J connectivity index is 1.32. The summed E-state index contributed by atoms with van der Waals surface area (Å²) in [6.45, 7) is 8.09. The van der Waals surface area contributed by atoms with Gasteiger partial charge >= 0.3 is 5.97 Å². The van der Waals surface area contributed by atoms with Crippen LogP contribution in [0, 0.1) is 0 Å². The average molecular weight is 520 g/mol. The summed E-state index contributed by atoms with van der Waals surface area (Å²) in [4.78, 5) is 38.9. The number of halogens is 1. The van der Waals surface area contributed by atoms with Crippen molar-refractivity contribution in [2.75, 3.05) is 26.2 Å². The molecule has 4 rings (SSSR count). The molecule has 1 aliphatic rings. The zero-order valence-corrected chi connectivity index (χ0v) is 21.6. The molecule has 0 radical (unpaired) electrons. The normalized spacial score (nSPS) is 18.8. The highest BCUT2D eigenvalue weighted by atomic mass is 35.5. The van der Waals surface area contributed by atoms with Crippen molar-refractivity contribution in [3.8, 4) is 0 Å². The molecule has 1 amide bonds. The Bertz CT molecular complexity index is 1180. The maximum Gasteiger partial charge on any atom is 0.339 e. The lowest BCUT2D eigenvalue weighted by molar-refractivity contribution is -0.0526. The second-order valence-electron chi connectivity index (χ2n) is 8.74. The lowest BCUT2D eigenvalue weighted by Crippen LogP contribution is -2.56. The number of aromatic amines is 1. The number of carbonyl (C=O) groups excluding carboxylic acids is 2. The monoisotopic (exact) mass is 519 g/mol. The molecule has 11 heteroatoms. The van der Waals surface area contributed by atoms with Gasteiger partial charge in [0, 0.05) is 19.6 Å². The average Bonchev–Trinajstić information content (AvgIpc) is 3.46. The highest BCUT2D eigenvalue weighted by Gasteiger charge is 2.32. The molecule has 2 atom stereocenters. The van der Waals surface area contributed by atoms with E-state index in [-0.39, 0.29) is 42.6 Å². The molecule has 35 heavy (non-hydrogen) atoms. The number of aryl methyl sites for hydroxylation is 1. The Morgan fingerprint density at radius 1 is 1.37 bits per heavy atom. The smallest absolute Gasteiger partial charge is 0.339 e. The third kappa shape index (κ3) is 6.19. The first-order valence-electron chi connectivity index (χ1n) is 11.8. The van der Waals surface area contributed by atoms with Crippen LogP contribution in [-0.2, 0) is 15.9 Å². The van der Waals surface area contributed by atoms with Crippen molar-refractivity contribution < 1.29 is 19.1 Å². The van der Waals surface area contributed by atoms with Gasteiger partial charge in [-0.1, -0.05) is 24.6 Å². The number of carbonyl (C=O) groups is 2. The van der Waals surface area contributed by atoms with Crippen LogP contribution >= 0.6 is 22.9 Å². The number of ether oxygens (including phenoxy) is 2. The maximum absolute atomic E-state index is 12.8. The Morgan fingerprint density at radius 3 is 2.94 bits per heavy atom. The SMILES string of the molecule is CCc1[nH]c(C(=O)NC2CCN(CCOC(=O)c3cccc4ncsc34)CC2OC(C)C)nc1Cl. The van der Waals surface area contributed by atoms with Crippen molar-refractivity contribution in [1.82, 2.24) is 25.2 Å². The lowest BCUT2D eigenvalue weighted by atomic mass is 10.0. The second kappa shape index (κ2) is 11.5.